The molecular formula is C10H10S. The Morgan fingerprint density at radius 2 is 1.73 bits per heavy atom. The zero-order valence-electron chi connectivity index (χ0n) is 6.55. The molecule has 1 unspecified atom stereocenters. The standard InChI is InChI=1S/C10H10S/c1-6-10(5)11(7-2,8-3)9-4/h1-2,10H,3-4H2,5H3. The molecule has 0 saturated carbocycles. The fourth-order valence-electron chi connectivity index (χ4n) is 0.588. The molecule has 0 saturated heterocycles. The molecule has 11 heavy (non-hydrogen) atoms. The van der Waals surface area contributed by atoms with Crippen LogP contribution in [0.3, 0.4) is 0 Å². The van der Waals surface area contributed by atoms with Crippen molar-refractivity contribution >= 4 is 19.3 Å². The quantitative estimate of drug-likeness (QED) is 0.405. The number of hydrogen-bond acceptors (Lipinski definition) is 0. The average Bonchev–Trinajstić information content (AvgIpc) is 2.08. The van der Waals surface area contributed by atoms with Gasteiger partial charge in [0.2, 0.25) is 0 Å². The molecule has 1 atom stereocenters. The average molecular weight is 162 g/mol. The van der Waals surface area contributed by atoms with Crippen LogP contribution in [0.4, 0.5) is 0 Å². The number of hydrogen-bond donors (Lipinski definition) is 0. The van der Waals surface area contributed by atoms with Crippen LogP contribution in [0.5, 0.6) is 0 Å². The SMILES string of the molecule is C#CC(C)S(=C=C)(=C=C)C#C. The van der Waals surface area contributed by atoms with Crippen LogP contribution in [-0.4, -0.2) is 15.3 Å². The van der Waals surface area contributed by atoms with E-state index in [-0.39, 0.29) is 5.25 Å². The molecule has 0 aromatic carbocycles. The summed E-state index contributed by atoms with van der Waals surface area (Å²) in [5.41, 5.74) is 0. The minimum Gasteiger partial charge on any atom is -0.119 e. The minimum atomic E-state index is -1.67. The van der Waals surface area contributed by atoms with Gasteiger partial charge in [0.05, 0.1) is 5.25 Å². The van der Waals surface area contributed by atoms with Gasteiger partial charge in [-0.15, -0.1) is 12.8 Å². The summed E-state index contributed by atoms with van der Waals surface area (Å²) in [7, 11) is -1.67. The molecule has 0 N–H and O–H groups in total. The molecule has 0 aromatic heterocycles. The summed E-state index contributed by atoms with van der Waals surface area (Å²) >= 11 is 0. The van der Waals surface area contributed by atoms with Gasteiger partial charge in [-0.25, -0.2) is 0 Å². The predicted octanol–water partition coefficient (Wildman–Crippen LogP) is 1.58. The first-order chi connectivity index (χ1) is 5.16. The van der Waals surface area contributed by atoms with Gasteiger partial charge in [0.15, 0.2) is 0 Å². The molecule has 0 nitrogen and oxygen atoms in total. The van der Waals surface area contributed by atoms with Crippen molar-refractivity contribution in [2.45, 2.75) is 12.2 Å². The van der Waals surface area contributed by atoms with Gasteiger partial charge >= 0.3 is 0 Å². The maximum Gasteiger partial charge on any atom is 0.0769 e. The van der Waals surface area contributed by atoms with Crippen molar-refractivity contribution in [1.29, 1.82) is 0 Å². The highest BCUT2D eigenvalue weighted by Gasteiger charge is 2.04. The lowest BCUT2D eigenvalue weighted by atomic mass is 10.5. The van der Waals surface area contributed by atoms with Crippen LogP contribution in [0.15, 0.2) is 13.2 Å². The predicted molar refractivity (Wildman–Crippen MR) is 56.0 cm³/mol. The first-order valence-electron chi connectivity index (χ1n) is 3.00. The Morgan fingerprint density at radius 1 is 1.27 bits per heavy atom. The maximum atomic E-state index is 5.29. The second-order valence-corrected chi connectivity index (χ2v) is 4.71. The molecule has 0 heterocycles. The highest BCUT2D eigenvalue weighted by molar-refractivity contribution is 8.33. The van der Waals surface area contributed by atoms with E-state index in [1.165, 1.54) is 0 Å². The Morgan fingerprint density at radius 3 is 1.82 bits per heavy atom. The number of rotatable bonds is 1. The van der Waals surface area contributed by atoms with Crippen molar-refractivity contribution in [2.75, 3.05) is 0 Å². The monoisotopic (exact) mass is 162 g/mol. The zero-order valence-corrected chi connectivity index (χ0v) is 7.37. The van der Waals surface area contributed by atoms with Crippen LogP contribution in [0.25, 0.3) is 0 Å². The maximum absolute atomic E-state index is 5.29. The van der Waals surface area contributed by atoms with E-state index in [0.29, 0.717) is 0 Å². The summed E-state index contributed by atoms with van der Waals surface area (Å²) in [6, 6.07) is 0. The van der Waals surface area contributed by atoms with E-state index in [1.807, 2.05) is 6.92 Å². The smallest absolute Gasteiger partial charge is 0.0769 e. The van der Waals surface area contributed by atoms with E-state index in [4.69, 9.17) is 12.8 Å². The van der Waals surface area contributed by atoms with Gasteiger partial charge in [-0.05, 0) is 34.5 Å². The van der Waals surface area contributed by atoms with Gasteiger partial charge in [0.1, 0.15) is 0 Å². The van der Waals surface area contributed by atoms with E-state index in [1.54, 1.807) is 0 Å². The van der Waals surface area contributed by atoms with Crippen molar-refractivity contribution in [3.63, 3.8) is 0 Å². The minimum absolute atomic E-state index is 0.0810. The molecule has 56 valence electrons. The van der Waals surface area contributed by atoms with Crippen LogP contribution < -0.4 is 0 Å². The Balaban J connectivity index is 5.76. The van der Waals surface area contributed by atoms with Gasteiger partial charge in [0, 0.05) is 0 Å². The Kier molecular flexibility index (Phi) is 3.39. The second-order valence-electron chi connectivity index (χ2n) is 1.88. The molecule has 0 aromatic rings. The fraction of sp³-hybridized carbons (Fsp3) is 0.200. The van der Waals surface area contributed by atoms with Gasteiger partial charge in [-0.1, -0.05) is 16.0 Å². The summed E-state index contributed by atoms with van der Waals surface area (Å²) in [6.45, 7) is 8.88. The summed E-state index contributed by atoms with van der Waals surface area (Å²) in [5.74, 6) is 2.55. The Labute approximate surface area is 69.1 Å². The normalized spacial score (nSPS) is 11.5. The highest BCUT2D eigenvalue weighted by atomic mass is 32.2. The largest absolute Gasteiger partial charge is 0.119 e. The lowest BCUT2D eigenvalue weighted by molar-refractivity contribution is 1.31. The van der Waals surface area contributed by atoms with Gasteiger partial charge in [-0.2, -0.15) is 0 Å². The van der Waals surface area contributed by atoms with Crippen LogP contribution >= 0.6 is 9.21 Å². The van der Waals surface area contributed by atoms with Crippen molar-refractivity contribution < 1.29 is 0 Å². The molecule has 0 radical (unpaired) electrons. The first kappa shape index (κ1) is 9.77. The van der Waals surface area contributed by atoms with E-state index in [2.05, 4.69) is 34.4 Å². The Bertz CT molecular complexity index is 360. The molecule has 0 bridgehead atoms. The van der Waals surface area contributed by atoms with Crippen LogP contribution in [-0.2, 0) is 0 Å². The second kappa shape index (κ2) is 3.82. The van der Waals surface area contributed by atoms with Crippen molar-refractivity contribution in [2.24, 2.45) is 0 Å². The summed E-state index contributed by atoms with van der Waals surface area (Å²) in [4.78, 5) is 0. The fourth-order valence-corrected chi connectivity index (χ4v) is 1.77. The highest BCUT2D eigenvalue weighted by Crippen LogP contribution is 2.24. The molecule has 0 aliphatic heterocycles. The van der Waals surface area contributed by atoms with Crippen molar-refractivity contribution in [1.82, 2.24) is 0 Å². The van der Waals surface area contributed by atoms with E-state index < -0.39 is 9.21 Å². The van der Waals surface area contributed by atoms with Crippen molar-refractivity contribution in [3.05, 3.63) is 13.2 Å². The molecule has 0 spiro atoms. The molecule has 1 heteroatoms. The Hall–Kier alpha value is -1.23. The summed E-state index contributed by atoms with van der Waals surface area (Å²) < 4.78 is 0. The summed E-state index contributed by atoms with van der Waals surface area (Å²) in [6.07, 6.45) is 10.5. The molecule has 0 amide bonds. The first-order valence-corrected chi connectivity index (χ1v) is 4.69. The number of terminal acetylenes is 2. The molecule has 0 aliphatic rings. The zero-order chi connectivity index (χ0) is 8.91. The lowest BCUT2D eigenvalue weighted by Gasteiger charge is -2.07. The molecule has 0 fully saturated rings. The van der Waals surface area contributed by atoms with Crippen LogP contribution in [0, 0.1) is 24.0 Å². The van der Waals surface area contributed by atoms with Gasteiger partial charge < -0.3 is 0 Å². The van der Waals surface area contributed by atoms with Crippen LogP contribution in [0.1, 0.15) is 6.92 Å². The molecule has 0 rings (SSSR count). The third-order valence-corrected chi connectivity index (χ3v) is 3.89. The third-order valence-electron chi connectivity index (χ3n) is 1.41. The van der Waals surface area contributed by atoms with E-state index in [0.717, 1.165) is 0 Å². The topological polar surface area (TPSA) is 0 Å². The van der Waals surface area contributed by atoms with Gasteiger partial charge in [-0.3, -0.25) is 0 Å². The van der Waals surface area contributed by atoms with Crippen LogP contribution in [0.2, 0.25) is 0 Å². The van der Waals surface area contributed by atoms with Gasteiger partial charge in [0.25, 0.3) is 0 Å². The third kappa shape index (κ3) is 1.62. The molecular weight excluding hydrogens is 152 g/mol. The van der Waals surface area contributed by atoms with E-state index in [9.17, 15) is 0 Å². The lowest BCUT2D eigenvalue weighted by Crippen LogP contribution is -1.96. The summed E-state index contributed by atoms with van der Waals surface area (Å²) in [5, 5.41) is 7.97. The van der Waals surface area contributed by atoms with E-state index >= 15 is 0 Å². The molecule has 0 aliphatic carbocycles. The van der Waals surface area contributed by atoms with Crippen molar-refractivity contribution in [3.8, 4) is 24.0 Å².